The minimum atomic E-state index is -0.376. The van der Waals surface area contributed by atoms with Gasteiger partial charge in [-0.2, -0.15) is 0 Å². The van der Waals surface area contributed by atoms with Crippen molar-refractivity contribution in [2.75, 3.05) is 6.54 Å². The van der Waals surface area contributed by atoms with Gasteiger partial charge in [0.25, 0.3) is 5.56 Å². The van der Waals surface area contributed by atoms with Gasteiger partial charge in [-0.15, -0.1) is 11.3 Å². The largest absolute Gasteiger partial charge is 0.329 e. The molecule has 2 N–H and O–H groups in total. The van der Waals surface area contributed by atoms with E-state index in [4.69, 9.17) is 0 Å². The Kier molecular flexibility index (Phi) is 3.84. The lowest BCUT2D eigenvalue weighted by atomic mass is 10.1. The Labute approximate surface area is 152 Å². The molecule has 0 atom stereocenters. The van der Waals surface area contributed by atoms with Crippen molar-refractivity contribution in [3.05, 3.63) is 50.6 Å². The van der Waals surface area contributed by atoms with E-state index in [9.17, 15) is 14.4 Å². The summed E-state index contributed by atoms with van der Waals surface area (Å²) in [5.74, 6) is 0.268. The molecule has 1 aromatic carbocycles. The number of urea groups is 1. The average Bonchev–Trinajstić information content (AvgIpc) is 3.09. The van der Waals surface area contributed by atoms with Crippen molar-refractivity contribution in [3.8, 4) is 11.4 Å². The molecular formula is C18H16N4O3S. The number of thiophene rings is 1. The summed E-state index contributed by atoms with van der Waals surface area (Å²) < 4.78 is 0. The molecule has 0 saturated carbocycles. The lowest BCUT2D eigenvalue weighted by molar-refractivity contribution is -0.125. The van der Waals surface area contributed by atoms with Crippen molar-refractivity contribution >= 4 is 33.5 Å². The van der Waals surface area contributed by atoms with Crippen LogP contribution in [0.2, 0.25) is 0 Å². The van der Waals surface area contributed by atoms with Gasteiger partial charge >= 0.3 is 6.03 Å². The summed E-state index contributed by atoms with van der Waals surface area (Å²) >= 11 is 1.51. The second kappa shape index (κ2) is 6.06. The molecule has 1 aliphatic heterocycles. The molecule has 1 aliphatic rings. The number of nitrogens with one attached hydrogen (secondary N) is 2. The molecule has 0 radical (unpaired) electrons. The topological polar surface area (TPSA) is 95.2 Å². The van der Waals surface area contributed by atoms with Crippen molar-refractivity contribution in [2.24, 2.45) is 0 Å². The van der Waals surface area contributed by atoms with E-state index in [1.807, 2.05) is 38.1 Å². The second-order valence-electron chi connectivity index (χ2n) is 6.21. The Balaban J connectivity index is 1.65. The van der Waals surface area contributed by atoms with E-state index in [1.54, 1.807) is 0 Å². The number of imide groups is 1. The smallest absolute Gasteiger partial charge is 0.324 e. The number of carbonyl (C=O) groups excluding carboxylic acids is 2. The fourth-order valence-corrected chi connectivity index (χ4v) is 3.99. The van der Waals surface area contributed by atoms with E-state index in [1.165, 1.54) is 16.2 Å². The van der Waals surface area contributed by atoms with Gasteiger partial charge in [0.05, 0.1) is 18.5 Å². The Morgan fingerprint density at radius 2 is 1.88 bits per heavy atom. The molecule has 3 aromatic rings. The van der Waals surface area contributed by atoms with Crippen LogP contribution in [0, 0.1) is 13.8 Å². The molecular weight excluding hydrogens is 352 g/mol. The summed E-state index contributed by atoms with van der Waals surface area (Å²) in [6.45, 7) is 4.17. The van der Waals surface area contributed by atoms with Gasteiger partial charge in [0, 0.05) is 10.4 Å². The maximum atomic E-state index is 12.4. The number of hydrogen-bond acceptors (Lipinski definition) is 5. The predicted octanol–water partition coefficient (Wildman–Crippen LogP) is 2.32. The molecule has 0 spiro atoms. The number of aromatic nitrogens is 2. The normalized spacial score (nSPS) is 14.3. The number of H-pyrrole nitrogens is 1. The highest BCUT2D eigenvalue weighted by Gasteiger charge is 2.28. The van der Waals surface area contributed by atoms with Crippen LogP contribution in [0.4, 0.5) is 4.79 Å². The minimum Gasteiger partial charge on any atom is -0.329 e. The third-order valence-corrected chi connectivity index (χ3v) is 5.65. The summed E-state index contributed by atoms with van der Waals surface area (Å²) in [5.41, 5.74) is 2.42. The molecule has 2 aromatic heterocycles. The lowest BCUT2D eigenvalue weighted by Crippen LogP contribution is -2.30. The fraction of sp³-hybridized carbons (Fsp3) is 0.222. The first kappa shape index (κ1) is 16.5. The monoisotopic (exact) mass is 368 g/mol. The van der Waals surface area contributed by atoms with Crippen molar-refractivity contribution in [3.63, 3.8) is 0 Å². The van der Waals surface area contributed by atoms with Crippen LogP contribution in [-0.2, 0) is 11.3 Å². The number of aryl methyl sites for hydroxylation is 2. The third kappa shape index (κ3) is 2.68. The Bertz CT molecular complexity index is 1080. The van der Waals surface area contributed by atoms with Crippen LogP contribution in [0.25, 0.3) is 21.6 Å². The first-order chi connectivity index (χ1) is 12.4. The van der Waals surface area contributed by atoms with Crippen LogP contribution in [-0.4, -0.2) is 33.4 Å². The number of fused-ring (bicyclic) bond motifs is 1. The average molecular weight is 368 g/mol. The molecule has 7 nitrogen and oxygen atoms in total. The van der Waals surface area contributed by atoms with Gasteiger partial charge in [-0.1, -0.05) is 24.3 Å². The maximum absolute atomic E-state index is 12.4. The van der Waals surface area contributed by atoms with E-state index in [0.717, 1.165) is 26.4 Å². The quantitative estimate of drug-likeness (QED) is 0.694. The van der Waals surface area contributed by atoms with E-state index in [-0.39, 0.29) is 30.6 Å². The van der Waals surface area contributed by atoms with Gasteiger partial charge in [0.2, 0.25) is 5.91 Å². The second-order valence-corrected chi connectivity index (χ2v) is 7.42. The Morgan fingerprint density at radius 1 is 1.15 bits per heavy atom. The lowest BCUT2D eigenvalue weighted by Gasteiger charge is -2.12. The number of nitrogens with zero attached hydrogens (tertiary/aromatic N) is 2. The molecule has 1 fully saturated rings. The van der Waals surface area contributed by atoms with E-state index in [0.29, 0.717) is 11.2 Å². The molecule has 8 heteroatoms. The SMILES string of the molecule is Cc1sc2nc(-c3ccc(CN4C(=O)CNC4=O)cc3)[nH]c(=O)c2c1C. The van der Waals surface area contributed by atoms with Crippen molar-refractivity contribution in [2.45, 2.75) is 20.4 Å². The molecule has 0 bridgehead atoms. The highest BCUT2D eigenvalue weighted by molar-refractivity contribution is 7.18. The zero-order chi connectivity index (χ0) is 18.4. The van der Waals surface area contributed by atoms with E-state index >= 15 is 0 Å². The number of aromatic amines is 1. The molecule has 1 saturated heterocycles. The number of benzene rings is 1. The van der Waals surface area contributed by atoms with Crippen LogP contribution >= 0.6 is 11.3 Å². The standard InChI is InChI=1S/C18H16N4O3S/c1-9-10(2)26-17-14(9)16(24)20-15(21-17)12-5-3-11(4-6-12)8-22-13(23)7-19-18(22)25/h3-6H,7-8H2,1-2H3,(H,19,25)(H,20,21,24). The number of amides is 3. The summed E-state index contributed by atoms with van der Waals surface area (Å²) in [4.78, 5) is 46.1. The Hall–Kier alpha value is -3.00. The first-order valence-corrected chi connectivity index (χ1v) is 8.93. The van der Waals surface area contributed by atoms with Crippen LogP contribution in [0.3, 0.4) is 0 Å². The van der Waals surface area contributed by atoms with Gasteiger partial charge in [-0.25, -0.2) is 9.78 Å². The molecule has 0 aliphatic carbocycles. The summed E-state index contributed by atoms with van der Waals surface area (Å²) in [6, 6.07) is 6.92. The van der Waals surface area contributed by atoms with Gasteiger partial charge in [0.15, 0.2) is 0 Å². The number of rotatable bonds is 3. The Morgan fingerprint density at radius 3 is 2.54 bits per heavy atom. The number of hydrogen-bond donors (Lipinski definition) is 2. The summed E-state index contributed by atoms with van der Waals surface area (Å²) in [6.07, 6.45) is 0. The molecule has 4 rings (SSSR count). The molecule has 0 unspecified atom stereocenters. The van der Waals surface area contributed by atoms with E-state index < -0.39 is 0 Å². The highest BCUT2D eigenvalue weighted by atomic mass is 32.1. The van der Waals surface area contributed by atoms with Crippen molar-refractivity contribution in [1.82, 2.24) is 20.2 Å². The highest BCUT2D eigenvalue weighted by Crippen LogP contribution is 2.27. The van der Waals surface area contributed by atoms with Crippen LogP contribution in [0.15, 0.2) is 29.1 Å². The van der Waals surface area contributed by atoms with Crippen LogP contribution in [0.1, 0.15) is 16.0 Å². The van der Waals surface area contributed by atoms with Gasteiger partial charge in [0.1, 0.15) is 10.7 Å². The molecule has 132 valence electrons. The zero-order valence-electron chi connectivity index (χ0n) is 14.3. The minimum absolute atomic E-state index is 0.0434. The van der Waals surface area contributed by atoms with Gasteiger partial charge in [-0.05, 0) is 25.0 Å². The first-order valence-electron chi connectivity index (χ1n) is 8.11. The van der Waals surface area contributed by atoms with E-state index in [2.05, 4.69) is 15.3 Å². The van der Waals surface area contributed by atoms with Crippen LogP contribution < -0.4 is 10.9 Å². The molecule has 26 heavy (non-hydrogen) atoms. The van der Waals surface area contributed by atoms with Gasteiger partial charge < -0.3 is 10.3 Å². The molecule has 3 heterocycles. The maximum Gasteiger partial charge on any atom is 0.324 e. The van der Waals surface area contributed by atoms with Crippen LogP contribution in [0.5, 0.6) is 0 Å². The zero-order valence-corrected chi connectivity index (χ0v) is 15.1. The summed E-state index contributed by atoms with van der Waals surface area (Å²) in [7, 11) is 0. The van der Waals surface area contributed by atoms with Gasteiger partial charge in [-0.3, -0.25) is 14.5 Å². The van der Waals surface area contributed by atoms with Crippen molar-refractivity contribution < 1.29 is 9.59 Å². The molecule has 3 amide bonds. The fourth-order valence-electron chi connectivity index (χ4n) is 2.96. The number of carbonyl (C=O) groups is 2. The summed E-state index contributed by atoms with van der Waals surface area (Å²) in [5, 5.41) is 3.14. The third-order valence-electron chi connectivity index (χ3n) is 4.54. The predicted molar refractivity (Wildman–Crippen MR) is 99.1 cm³/mol. The van der Waals surface area contributed by atoms with Crippen molar-refractivity contribution in [1.29, 1.82) is 0 Å².